The Morgan fingerprint density at radius 1 is 1.42 bits per heavy atom. The highest BCUT2D eigenvalue weighted by molar-refractivity contribution is 5.92. The Morgan fingerprint density at radius 3 is 3.00 bits per heavy atom. The van der Waals surface area contributed by atoms with Crippen LogP contribution in [0.5, 0.6) is 0 Å². The molecule has 1 heterocycles. The van der Waals surface area contributed by atoms with E-state index in [4.69, 9.17) is 0 Å². The van der Waals surface area contributed by atoms with E-state index in [2.05, 4.69) is 5.32 Å². The van der Waals surface area contributed by atoms with E-state index in [-0.39, 0.29) is 11.8 Å². The summed E-state index contributed by atoms with van der Waals surface area (Å²) in [6.07, 6.45) is 0.574. The van der Waals surface area contributed by atoms with Crippen LogP contribution in [0.3, 0.4) is 0 Å². The fourth-order valence-corrected chi connectivity index (χ4v) is 1.47. The number of carbonyl (C=O) groups excluding carboxylic acids is 1. The lowest BCUT2D eigenvalue weighted by Gasteiger charge is -2.22. The molecular weight excluding hydrogens is 150 g/mol. The fourth-order valence-electron chi connectivity index (χ4n) is 1.47. The molecule has 0 saturated carbocycles. The minimum atomic E-state index is -0.0279. The molecule has 1 aromatic rings. The molecule has 0 amide bonds. The Hall–Kier alpha value is -1.31. The first-order chi connectivity index (χ1) is 5.77. The lowest BCUT2D eigenvalue weighted by atomic mass is 9.98. The molecular formula is C10H11NO. The van der Waals surface area contributed by atoms with Crippen molar-refractivity contribution in [1.82, 2.24) is 0 Å². The van der Waals surface area contributed by atoms with Crippen molar-refractivity contribution >= 4 is 11.5 Å². The molecule has 2 rings (SSSR count). The lowest BCUT2D eigenvalue weighted by Crippen LogP contribution is -2.32. The van der Waals surface area contributed by atoms with E-state index in [9.17, 15) is 4.79 Å². The molecule has 1 N–H and O–H groups in total. The Bertz CT molecular complexity index is 319. The van der Waals surface area contributed by atoms with Gasteiger partial charge in [-0.25, -0.2) is 0 Å². The molecule has 0 radical (unpaired) electrons. The van der Waals surface area contributed by atoms with Crippen LogP contribution in [0.4, 0.5) is 5.69 Å². The molecule has 1 aromatic carbocycles. The minimum absolute atomic E-state index is 0.0279. The Morgan fingerprint density at radius 2 is 2.17 bits per heavy atom. The van der Waals surface area contributed by atoms with Gasteiger partial charge in [0.25, 0.3) is 0 Å². The standard InChI is InChI=1S/C10H11NO/c1-7-10(12)6-8-4-2-3-5-9(8)11-7/h2-5,7,11H,6H2,1H3/t7-/m0/s1. The topological polar surface area (TPSA) is 29.1 Å². The maximum Gasteiger partial charge on any atom is 0.159 e. The van der Waals surface area contributed by atoms with Gasteiger partial charge < -0.3 is 5.32 Å². The summed E-state index contributed by atoms with van der Waals surface area (Å²) in [7, 11) is 0. The summed E-state index contributed by atoms with van der Waals surface area (Å²) in [5.74, 6) is 0.272. The summed E-state index contributed by atoms with van der Waals surface area (Å²) < 4.78 is 0. The number of hydrogen-bond acceptors (Lipinski definition) is 2. The van der Waals surface area contributed by atoms with Crippen LogP contribution in [-0.2, 0) is 11.2 Å². The normalized spacial score (nSPS) is 21.4. The monoisotopic (exact) mass is 161 g/mol. The van der Waals surface area contributed by atoms with Crippen molar-refractivity contribution in [2.45, 2.75) is 19.4 Å². The zero-order valence-corrected chi connectivity index (χ0v) is 7.00. The van der Waals surface area contributed by atoms with Gasteiger partial charge in [-0.2, -0.15) is 0 Å². The molecule has 1 aliphatic heterocycles. The number of nitrogens with one attached hydrogen (secondary N) is 1. The molecule has 0 saturated heterocycles. The molecule has 2 heteroatoms. The van der Waals surface area contributed by atoms with Crippen molar-refractivity contribution in [3.63, 3.8) is 0 Å². The first-order valence-corrected chi connectivity index (χ1v) is 4.14. The summed E-state index contributed by atoms with van der Waals surface area (Å²) in [5.41, 5.74) is 2.21. The average Bonchev–Trinajstić information content (AvgIpc) is 2.07. The van der Waals surface area contributed by atoms with Crippen LogP contribution in [0.1, 0.15) is 12.5 Å². The highest BCUT2D eigenvalue weighted by Gasteiger charge is 2.20. The zero-order chi connectivity index (χ0) is 8.55. The SMILES string of the molecule is C[C@@H]1Nc2ccccc2CC1=O. The van der Waals surface area contributed by atoms with Gasteiger partial charge in [-0.15, -0.1) is 0 Å². The molecule has 0 aliphatic carbocycles. The summed E-state index contributed by atoms with van der Waals surface area (Å²) in [4.78, 5) is 11.3. The third-order valence-corrected chi connectivity index (χ3v) is 2.24. The van der Waals surface area contributed by atoms with E-state index in [1.807, 2.05) is 31.2 Å². The molecule has 0 unspecified atom stereocenters. The average molecular weight is 161 g/mol. The van der Waals surface area contributed by atoms with Crippen molar-refractivity contribution in [1.29, 1.82) is 0 Å². The van der Waals surface area contributed by atoms with Gasteiger partial charge in [0.1, 0.15) is 0 Å². The van der Waals surface area contributed by atoms with Gasteiger partial charge in [-0.3, -0.25) is 4.79 Å². The maximum atomic E-state index is 11.3. The first kappa shape index (κ1) is 7.35. The van der Waals surface area contributed by atoms with Crippen molar-refractivity contribution in [2.75, 3.05) is 5.32 Å². The number of anilines is 1. The van der Waals surface area contributed by atoms with Gasteiger partial charge in [0.15, 0.2) is 5.78 Å². The molecule has 12 heavy (non-hydrogen) atoms. The second-order valence-corrected chi connectivity index (χ2v) is 3.17. The minimum Gasteiger partial charge on any atom is -0.375 e. The van der Waals surface area contributed by atoms with Gasteiger partial charge in [-0.05, 0) is 18.6 Å². The number of benzene rings is 1. The van der Waals surface area contributed by atoms with Gasteiger partial charge in [0.2, 0.25) is 0 Å². The van der Waals surface area contributed by atoms with Gasteiger partial charge >= 0.3 is 0 Å². The first-order valence-electron chi connectivity index (χ1n) is 4.14. The Kier molecular flexibility index (Phi) is 1.61. The summed E-state index contributed by atoms with van der Waals surface area (Å²) in [5, 5.41) is 3.16. The number of rotatable bonds is 0. The predicted molar refractivity (Wildman–Crippen MR) is 48.2 cm³/mol. The van der Waals surface area contributed by atoms with Crippen molar-refractivity contribution in [2.24, 2.45) is 0 Å². The highest BCUT2D eigenvalue weighted by Crippen LogP contribution is 2.21. The smallest absolute Gasteiger partial charge is 0.159 e. The van der Waals surface area contributed by atoms with Crippen LogP contribution in [0, 0.1) is 0 Å². The Balaban J connectivity index is 2.40. The Labute approximate surface area is 71.6 Å². The van der Waals surface area contributed by atoms with Crippen LogP contribution in [0.25, 0.3) is 0 Å². The van der Waals surface area contributed by atoms with Crippen molar-refractivity contribution < 1.29 is 4.79 Å². The zero-order valence-electron chi connectivity index (χ0n) is 7.00. The number of para-hydroxylation sites is 1. The predicted octanol–water partition coefficient (Wildman–Crippen LogP) is 1.61. The number of hydrogen-bond donors (Lipinski definition) is 1. The van der Waals surface area contributed by atoms with E-state index in [1.54, 1.807) is 0 Å². The second kappa shape index (κ2) is 2.63. The third-order valence-electron chi connectivity index (χ3n) is 2.24. The lowest BCUT2D eigenvalue weighted by molar-refractivity contribution is -0.119. The van der Waals surface area contributed by atoms with Gasteiger partial charge in [0.05, 0.1) is 6.04 Å². The highest BCUT2D eigenvalue weighted by atomic mass is 16.1. The van der Waals surface area contributed by atoms with Crippen LogP contribution in [-0.4, -0.2) is 11.8 Å². The molecule has 0 bridgehead atoms. The number of Topliss-reactive ketones (excluding diaryl/α,β-unsaturated/α-hetero) is 1. The largest absolute Gasteiger partial charge is 0.375 e. The number of ketones is 1. The van der Waals surface area contributed by atoms with E-state index in [0.29, 0.717) is 6.42 Å². The van der Waals surface area contributed by atoms with E-state index in [0.717, 1.165) is 11.3 Å². The van der Waals surface area contributed by atoms with Gasteiger partial charge in [-0.1, -0.05) is 18.2 Å². The van der Waals surface area contributed by atoms with Crippen molar-refractivity contribution in [3.8, 4) is 0 Å². The van der Waals surface area contributed by atoms with Crippen molar-refractivity contribution in [3.05, 3.63) is 29.8 Å². The molecule has 0 spiro atoms. The summed E-state index contributed by atoms with van der Waals surface area (Å²) in [6, 6.07) is 7.92. The van der Waals surface area contributed by atoms with E-state index >= 15 is 0 Å². The fraction of sp³-hybridized carbons (Fsp3) is 0.300. The molecule has 0 fully saturated rings. The van der Waals surface area contributed by atoms with E-state index in [1.165, 1.54) is 0 Å². The van der Waals surface area contributed by atoms with Crippen LogP contribution in [0.2, 0.25) is 0 Å². The van der Waals surface area contributed by atoms with Gasteiger partial charge in [0, 0.05) is 12.1 Å². The van der Waals surface area contributed by atoms with Crippen LogP contribution in [0.15, 0.2) is 24.3 Å². The maximum absolute atomic E-state index is 11.3. The molecule has 0 aromatic heterocycles. The molecule has 2 nitrogen and oxygen atoms in total. The van der Waals surface area contributed by atoms with Crippen LogP contribution < -0.4 is 5.32 Å². The molecule has 62 valence electrons. The second-order valence-electron chi connectivity index (χ2n) is 3.17. The number of fused-ring (bicyclic) bond motifs is 1. The molecule has 1 atom stereocenters. The summed E-state index contributed by atoms with van der Waals surface area (Å²) in [6.45, 7) is 1.90. The number of carbonyl (C=O) groups is 1. The summed E-state index contributed by atoms with van der Waals surface area (Å²) >= 11 is 0. The van der Waals surface area contributed by atoms with Crippen LogP contribution >= 0.6 is 0 Å². The van der Waals surface area contributed by atoms with E-state index < -0.39 is 0 Å². The quantitative estimate of drug-likeness (QED) is 0.626. The molecule has 1 aliphatic rings. The third kappa shape index (κ3) is 1.09.